The summed E-state index contributed by atoms with van der Waals surface area (Å²) in [6.07, 6.45) is 0.867. The summed E-state index contributed by atoms with van der Waals surface area (Å²) in [7, 11) is 0. The van der Waals surface area contributed by atoms with Crippen LogP contribution in [-0.4, -0.2) is 31.4 Å². The molecule has 0 aromatic carbocycles. The van der Waals surface area contributed by atoms with Gasteiger partial charge in [-0.05, 0) is 12.3 Å². The molecule has 0 rings (SSSR count). The standard InChI is InChI=1S/C9H19NO2S/c1-8(2)6-12-5-3-4-10-9(11)7-13/h8,13H,3-7H2,1-2H3,(H,10,11). The second-order valence-corrected chi connectivity index (χ2v) is 3.65. The summed E-state index contributed by atoms with van der Waals surface area (Å²) in [5, 5.41) is 2.73. The molecule has 0 unspecified atom stereocenters. The Morgan fingerprint density at radius 3 is 2.77 bits per heavy atom. The fourth-order valence-electron chi connectivity index (χ4n) is 0.777. The predicted molar refractivity (Wildman–Crippen MR) is 57.1 cm³/mol. The molecule has 1 N–H and O–H groups in total. The van der Waals surface area contributed by atoms with Crippen LogP contribution in [0.15, 0.2) is 0 Å². The van der Waals surface area contributed by atoms with Gasteiger partial charge in [-0.1, -0.05) is 13.8 Å². The van der Waals surface area contributed by atoms with E-state index in [1.807, 2.05) is 0 Å². The number of rotatable bonds is 7. The highest BCUT2D eigenvalue weighted by atomic mass is 32.1. The van der Waals surface area contributed by atoms with Gasteiger partial charge in [0.25, 0.3) is 0 Å². The van der Waals surface area contributed by atoms with Crippen molar-refractivity contribution in [2.75, 3.05) is 25.5 Å². The number of nitrogens with one attached hydrogen (secondary N) is 1. The van der Waals surface area contributed by atoms with Gasteiger partial charge in [0.15, 0.2) is 0 Å². The van der Waals surface area contributed by atoms with Gasteiger partial charge in [0.1, 0.15) is 0 Å². The third-order valence-electron chi connectivity index (χ3n) is 1.38. The van der Waals surface area contributed by atoms with Crippen molar-refractivity contribution in [2.45, 2.75) is 20.3 Å². The smallest absolute Gasteiger partial charge is 0.229 e. The first-order valence-electron chi connectivity index (χ1n) is 4.62. The Labute approximate surface area is 85.6 Å². The zero-order valence-corrected chi connectivity index (χ0v) is 9.27. The normalized spacial score (nSPS) is 10.5. The van der Waals surface area contributed by atoms with Gasteiger partial charge in [-0.3, -0.25) is 4.79 Å². The van der Waals surface area contributed by atoms with Gasteiger partial charge in [0, 0.05) is 19.8 Å². The number of carbonyl (C=O) groups excluding carboxylic acids is 1. The van der Waals surface area contributed by atoms with Gasteiger partial charge in [0.05, 0.1) is 5.75 Å². The molecule has 0 spiro atoms. The SMILES string of the molecule is CC(C)COCCCNC(=O)CS. The van der Waals surface area contributed by atoms with Crippen molar-refractivity contribution < 1.29 is 9.53 Å². The molecule has 0 saturated heterocycles. The molecule has 0 fully saturated rings. The minimum atomic E-state index is -0.0211. The third kappa shape index (κ3) is 9.70. The van der Waals surface area contributed by atoms with Crippen LogP contribution in [0.1, 0.15) is 20.3 Å². The average Bonchev–Trinajstić information content (AvgIpc) is 2.10. The molecule has 13 heavy (non-hydrogen) atoms. The fraction of sp³-hybridized carbons (Fsp3) is 0.889. The summed E-state index contributed by atoms with van der Waals surface area (Å²) in [6.45, 7) is 6.41. The Bertz CT molecular complexity index is 140. The lowest BCUT2D eigenvalue weighted by Crippen LogP contribution is -2.26. The maximum atomic E-state index is 10.7. The molecule has 0 atom stereocenters. The van der Waals surface area contributed by atoms with E-state index >= 15 is 0 Å². The molecule has 0 aliphatic rings. The largest absolute Gasteiger partial charge is 0.381 e. The second kappa shape index (κ2) is 8.38. The highest BCUT2D eigenvalue weighted by Crippen LogP contribution is 1.92. The Kier molecular flexibility index (Phi) is 8.24. The van der Waals surface area contributed by atoms with Crippen LogP contribution in [0, 0.1) is 5.92 Å². The van der Waals surface area contributed by atoms with Crippen LogP contribution in [0.25, 0.3) is 0 Å². The minimum Gasteiger partial charge on any atom is -0.381 e. The van der Waals surface area contributed by atoms with Gasteiger partial charge in [0.2, 0.25) is 5.91 Å². The predicted octanol–water partition coefficient (Wildman–Crippen LogP) is 1.10. The summed E-state index contributed by atoms with van der Waals surface area (Å²) in [5.74, 6) is 0.812. The van der Waals surface area contributed by atoms with E-state index < -0.39 is 0 Å². The molecule has 0 heterocycles. The average molecular weight is 205 g/mol. The lowest BCUT2D eigenvalue weighted by atomic mass is 10.2. The lowest BCUT2D eigenvalue weighted by Gasteiger charge is -2.06. The van der Waals surface area contributed by atoms with Crippen molar-refractivity contribution in [1.82, 2.24) is 5.32 Å². The molecule has 0 aromatic rings. The zero-order chi connectivity index (χ0) is 10.1. The van der Waals surface area contributed by atoms with E-state index in [2.05, 4.69) is 31.8 Å². The molecule has 0 aliphatic heterocycles. The van der Waals surface area contributed by atoms with Gasteiger partial charge in [-0.15, -0.1) is 0 Å². The van der Waals surface area contributed by atoms with Crippen LogP contribution in [0.5, 0.6) is 0 Å². The molecule has 0 bridgehead atoms. The quantitative estimate of drug-likeness (QED) is 0.482. The topological polar surface area (TPSA) is 38.3 Å². The molecular weight excluding hydrogens is 186 g/mol. The molecule has 78 valence electrons. The first-order valence-corrected chi connectivity index (χ1v) is 5.25. The van der Waals surface area contributed by atoms with Crippen LogP contribution in [-0.2, 0) is 9.53 Å². The molecule has 1 amide bonds. The first kappa shape index (κ1) is 12.8. The van der Waals surface area contributed by atoms with Crippen molar-refractivity contribution >= 4 is 18.5 Å². The van der Waals surface area contributed by atoms with Crippen molar-refractivity contribution in [3.05, 3.63) is 0 Å². The van der Waals surface area contributed by atoms with Gasteiger partial charge >= 0.3 is 0 Å². The van der Waals surface area contributed by atoms with Crippen LogP contribution < -0.4 is 5.32 Å². The Hall–Kier alpha value is -0.220. The number of ether oxygens (including phenoxy) is 1. The van der Waals surface area contributed by atoms with Gasteiger partial charge in [-0.2, -0.15) is 12.6 Å². The van der Waals surface area contributed by atoms with E-state index in [0.717, 1.165) is 13.0 Å². The van der Waals surface area contributed by atoms with Crippen LogP contribution in [0.3, 0.4) is 0 Å². The molecule has 0 radical (unpaired) electrons. The minimum absolute atomic E-state index is 0.0211. The highest BCUT2D eigenvalue weighted by molar-refractivity contribution is 7.81. The molecular formula is C9H19NO2S. The number of amides is 1. The number of thiol groups is 1. The summed E-state index contributed by atoms with van der Waals surface area (Å²) in [5.41, 5.74) is 0. The number of hydrogen-bond donors (Lipinski definition) is 2. The zero-order valence-electron chi connectivity index (χ0n) is 8.38. The summed E-state index contributed by atoms with van der Waals surface area (Å²) in [6, 6.07) is 0. The first-order chi connectivity index (χ1) is 6.16. The van der Waals surface area contributed by atoms with Gasteiger partial charge in [-0.25, -0.2) is 0 Å². The molecule has 4 heteroatoms. The molecule has 3 nitrogen and oxygen atoms in total. The van der Waals surface area contributed by atoms with Gasteiger partial charge < -0.3 is 10.1 Å². The van der Waals surface area contributed by atoms with E-state index in [9.17, 15) is 4.79 Å². The van der Waals surface area contributed by atoms with E-state index in [4.69, 9.17) is 4.74 Å². The van der Waals surface area contributed by atoms with Crippen LogP contribution in [0.2, 0.25) is 0 Å². The monoisotopic (exact) mass is 205 g/mol. The maximum Gasteiger partial charge on any atom is 0.229 e. The Morgan fingerprint density at radius 1 is 1.54 bits per heavy atom. The van der Waals surface area contributed by atoms with Crippen LogP contribution >= 0.6 is 12.6 Å². The van der Waals surface area contributed by atoms with E-state index in [0.29, 0.717) is 19.1 Å². The van der Waals surface area contributed by atoms with Crippen molar-refractivity contribution in [1.29, 1.82) is 0 Å². The maximum absolute atomic E-state index is 10.7. The molecule has 0 aliphatic carbocycles. The summed E-state index contributed by atoms with van der Waals surface area (Å²) in [4.78, 5) is 10.7. The number of carbonyl (C=O) groups is 1. The number of hydrogen-bond acceptors (Lipinski definition) is 3. The Morgan fingerprint density at radius 2 is 2.23 bits per heavy atom. The molecule has 0 aromatic heterocycles. The lowest BCUT2D eigenvalue weighted by molar-refractivity contribution is -0.118. The summed E-state index contributed by atoms with van der Waals surface area (Å²) < 4.78 is 5.34. The third-order valence-corrected chi connectivity index (χ3v) is 1.67. The van der Waals surface area contributed by atoms with E-state index in [-0.39, 0.29) is 11.7 Å². The van der Waals surface area contributed by atoms with Crippen LogP contribution in [0.4, 0.5) is 0 Å². The molecule has 0 saturated carbocycles. The second-order valence-electron chi connectivity index (χ2n) is 3.33. The fourth-order valence-corrected chi connectivity index (χ4v) is 0.889. The Balaban J connectivity index is 3.04. The summed E-state index contributed by atoms with van der Waals surface area (Å²) >= 11 is 3.84. The van der Waals surface area contributed by atoms with E-state index in [1.54, 1.807) is 0 Å². The highest BCUT2D eigenvalue weighted by Gasteiger charge is 1.96. The van der Waals surface area contributed by atoms with Crippen molar-refractivity contribution in [2.24, 2.45) is 5.92 Å². The van der Waals surface area contributed by atoms with Crippen molar-refractivity contribution in [3.8, 4) is 0 Å². The van der Waals surface area contributed by atoms with E-state index in [1.165, 1.54) is 0 Å². The van der Waals surface area contributed by atoms with Crippen molar-refractivity contribution in [3.63, 3.8) is 0 Å².